The van der Waals surface area contributed by atoms with Gasteiger partial charge in [0.05, 0.1) is 0 Å². The second-order valence-corrected chi connectivity index (χ2v) is 1.02. The van der Waals surface area contributed by atoms with Crippen LogP contribution in [0.5, 0.6) is 0 Å². The van der Waals surface area contributed by atoms with Gasteiger partial charge < -0.3 is 9.84 Å². The Kier molecular flexibility index (Phi) is 3.14. The van der Waals surface area contributed by atoms with Gasteiger partial charge in [-0.1, -0.05) is 0 Å². The van der Waals surface area contributed by atoms with Crippen molar-refractivity contribution in [3.8, 4) is 0 Å². The summed E-state index contributed by atoms with van der Waals surface area (Å²) in [6, 6.07) is 0. The van der Waals surface area contributed by atoms with E-state index in [1.807, 2.05) is 0 Å². The second-order valence-electron chi connectivity index (χ2n) is 1.02. The van der Waals surface area contributed by atoms with Gasteiger partial charge >= 0.3 is 12.1 Å². The third-order valence-corrected chi connectivity index (χ3v) is 0.388. The summed E-state index contributed by atoms with van der Waals surface area (Å²) in [4.78, 5) is 22.3. The highest BCUT2D eigenvalue weighted by molar-refractivity contribution is 5.71. The third-order valence-electron chi connectivity index (χ3n) is 0.388. The number of aliphatic carboxylic acids is 1. The molecule has 9 heavy (non-hydrogen) atoms. The fourth-order valence-corrected chi connectivity index (χ4v) is 0.147. The molecule has 0 heterocycles. The fraction of sp³-hybridized carbons (Fsp3) is 0.333. The predicted octanol–water partition coefficient (Wildman–Crippen LogP) is -0.303. The molecule has 2 N–H and O–H groups in total. The van der Waals surface area contributed by atoms with Crippen LogP contribution in [-0.2, 0) is 14.4 Å². The van der Waals surface area contributed by atoms with E-state index in [9.17, 15) is 9.59 Å². The Hall–Kier alpha value is -1.30. The SMILES string of the molecule is O=C(O)COC(=O)OO. The maximum absolute atomic E-state index is 9.76. The molecular weight excluding hydrogens is 132 g/mol. The third kappa shape index (κ3) is 4.56. The normalized spacial score (nSPS) is 8.11. The van der Waals surface area contributed by atoms with Gasteiger partial charge in [0.15, 0.2) is 6.61 Å². The number of carbonyl (C=O) groups excluding carboxylic acids is 1. The van der Waals surface area contributed by atoms with E-state index in [2.05, 4.69) is 9.62 Å². The topological polar surface area (TPSA) is 93.1 Å². The first-order valence-corrected chi connectivity index (χ1v) is 1.86. The Morgan fingerprint density at radius 3 is 2.33 bits per heavy atom. The van der Waals surface area contributed by atoms with Gasteiger partial charge in [-0.2, -0.15) is 5.26 Å². The Balaban J connectivity index is 3.28. The summed E-state index contributed by atoms with van der Waals surface area (Å²) in [5.41, 5.74) is 0. The lowest BCUT2D eigenvalue weighted by Crippen LogP contribution is -2.12. The Morgan fingerprint density at radius 2 is 2.00 bits per heavy atom. The van der Waals surface area contributed by atoms with E-state index in [1.165, 1.54) is 0 Å². The zero-order valence-corrected chi connectivity index (χ0v) is 4.23. The standard InChI is InChI=1S/C3H4O6/c4-2(5)1-8-3(6)9-7/h7H,1H2,(H,4,5). The van der Waals surface area contributed by atoms with Crippen molar-refractivity contribution in [2.45, 2.75) is 0 Å². The zero-order chi connectivity index (χ0) is 7.28. The molecule has 6 heteroatoms. The van der Waals surface area contributed by atoms with Crippen molar-refractivity contribution in [1.82, 2.24) is 0 Å². The lowest BCUT2D eigenvalue weighted by molar-refractivity contribution is -0.201. The molecule has 0 aliphatic heterocycles. The van der Waals surface area contributed by atoms with Gasteiger partial charge in [-0.25, -0.2) is 9.59 Å². The van der Waals surface area contributed by atoms with Crippen LogP contribution in [0.1, 0.15) is 0 Å². The molecule has 0 aliphatic carbocycles. The van der Waals surface area contributed by atoms with E-state index in [0.717, 1.165) is 0 Å². The minimum absolute atomic E-state index is 0.820. The maximum atomic E-state index is 9.76. The van der Waals surface area contributed by atoms with Crippen molar-refractivity contribution in [1.29, 1.82) is 0 Å². The molecule has 0 unspecified atom stereocenters. The minimum atomic E-state index is -1.43. The minimum Gasteiger partial charge on any atom is -0.479 e. The molecule has 0 aromatic carbocycles. The summed E-state index contributed by atoms with van der Waals surface area (Å²) in [6.45, 7) is -0.820. The number of ether oxygens (including phenoxy) is 1. The lowest BCUT2D eigenvalue weighted by Gasteiger charge is -1.94. The summed E-state index contributed by atoms with van der Waals surface area (Å²) in [7, 11) is 0. The Bertz CT molecular complexity index is 117. The molecule has 0 radical (unpaired) electrons. The maximum Gasteiger partial charge on any atom is 0.540 e. The highest BCUT2D eigenvalue weighted by atomic mass is 17.1. The molecule has 0 atom stereocenters. The summed E-state index contributed by atoms with van der Waals surface area (Å²) in [6.07, 6.45) is -1.43. The van der Waals surface area contributed by atoms with Crippen molar-refractivity contribution in [3.63, 3.8) is 0 Å². The summed E-state index contributed by atoms with van der Waals surface area (Å²) >= 11 is 0. The summed E-state index contributed by atoms with van der Waals surface area (Å²) in [5, 5.41) is 15.3. The Labute approximate surface area is 49.5 Å². The Morgan fingerprint density at radius 1 is 1.44 bits per heavy atom. The van der Waals surface area contributed by atoms with E-state index < -0.39 is 18.7 Å². The second kappa shape index (κ2) is 3.67. The first kappa shape index (κ1) is 7.70. The van der Waals surface area contributed by atoms with Gasteiger partial charge in [0.1, 0.15) is 0 Å². The monoisotopic (exact) mass is 136 g/mol. The number of carboxylic acid groups (broad SMARTS) is 1. The number of hydrogen-bond donors (Lipinski definition) is 2. The van der Waals surface area contributed by atoms with E-state index in [0.29, 0.717) is 0 Å². The summed E-state index contributed by atoms with van der Waals surface area (Å²) < 4.78 is 3.74. The van der Waals surface area contributed by atoms with Crippen LogP contribution in [0.15, 0.2) is 0 Å². The van der Waals surface area contributed by atoms with Crippen LogP contribution < -0.4 is 0 Å². The quantitative estimate of drug-likeness (QED) is 0.307. The molecule has 0 saturated heterocycles. The van der Waals surface area contributed by atoms with E-state index in [4.69, 9.17) is 10.4 Å². The molecule has 0 fully saturated rings. The van der Waals surface area contributed by atoms with E-state index in [1.54, 1.807) is 0 Å². The highest BCUT2D eigenvalue weighted by Crippen LogP contribution is 1.79. The number of rotatable bonds is 2. The molecule has 0 amide bonds. The van der Waals surface area contributed by atoms with Crippen molar-refractivity contribution in [2.24, 2.45) is 0 Å². The molecule has 6 nitrogen and oxygen atoms in total. The number of hydrogen-bond acceptors (Lipinski definition) is 5. The molecule has 52 valence electrons. The van der Waals surface area contributed by atoms with Crippen LogP contribution in [-0.4, -0.2) is 29.1 Å². The van der Waals surface area contributed by atoms with Crippen molar-refractivity contribution >= 4 is 12.1 Å². The molecule has 0 spiro atoms. The highest BCUT2D eigenvalue weighted by Gasteiger charge is 2.04. The lowest BCUT2D eigenvalue weighted by atomic mass is 10.7. The first-order valence-electron chi connectivity index (χ1n) is 1.86. The average Bonchev–Trinajstić information content (AvgIpc) is 1.83. The number of carbonyl (C=O) groups is 2. The summed E-state index contributed by atoms with van der Waals surface area (Å²) in [5.74, 6) is -1.32. The van der Waals surface area contributed by atoms with Crippen molar-refractivity contribution in [2.75, 3.05) is 6.61 Å². The zero-order valence-electron chi connectivity index (χ0n) is 4.23. The van der Waals surface area contributed by atoms with Crippen LogP contribution in [0.2, 0.25) is 0 Å². The molecule has 0 rings (SSSR count). The van der Waals surface area contributed by atoms with Gasteiger partial charge in [0.2, 0.25) is 0 Å². The van der Waals surface area contributed by atoms with Crippen LogP contribution in [0.25, 0.3) is 0 Å². The first-order chi connectivity index (χ1) is 4.16. The molecule has 0 aromatic rings. The average molecular weight is 136 g/mol. The van der Waals surface area contributed by atoms with Gasteiger partial charge in [-0.05, 0) is 0 Å². The molecular formula is C3H4O6. The van der Waals surface area contributed by atoms with Crippen LogP contribution in [0, 0.1) is 0 Å². The van der Waals surface area contributed by atoms with Gasteiger partial charge in [0.25, 0.3) is 0 Å². The number of carboxylic acids is 1. The smallest absolute Gasteiger partial charge is 0.479 e. The van der Waals surface area contributed by atoms with Crippen molar-refractivity contribution < 1.29 is 29.6 Å². The largest absolute Gasteiger partial charge is 0.540 e. The predicted molar refractivity (Wildman–Crippen MR) is 22.7 cm³/mol. The fourth-order valence-electron chi connectivity index (χ4n) is 0.147. The van der Waals surface area contributed by atoms with Gasteiger partial charge in [0, 0.05) is 0 Å². The molecule has 0 aromatic heterocycles. The van der Waals surface area contributed by atoms with Gasteiger partial charge in [-0.15, -0.1) is 0 Å². The molecule has 0 bridgehead atoms. The van der Waals surface area contributed by atoms with Crippen LogP contribution in [0.3, 0.4) is 0 Å². The molecule has 0 saturated carbocycles. The van der Waals surface area contributed by atoms with E-state index in [-0.39, 0.29) is 0 Å². The van der Waals surface area contributed by atoms with Crippen LogP contribution in [0.4, 0.5) is 4.79 Å². The van der Waals surface area contributed by atoms with Crippen LogP contribution >= 0.6 is 0 Å². The molecule has 0 aliphatic rings. The van der Waals surface area contributed by atoms with Gasteiger partial charge in [-0.3, -0.25) is 4.89 Å². The van der Waals surface area contributed by atoms with E-state index >= 15 is 0 Å². The van der Waals surface area contributed by atoms with Crippen molar-refractivity contribution in [3.05, 3.63) is 0 Å².